The fourth-order valence-electron chi connectivity index (χ4n) is 3.79. The van der Waals surface area contributed by atoms with Gasteiger partial charge in [-0.15, -0.1) is 0 Å². The highest BCUT2D eigenvalue weighted by Gasteiger charge is 2.18. The standard InChI is InChI=1S/C21H27N5O2/c27-21(18-15-20(23-16-22-18)26-9-5-1-2-6-10-26)24-17-7-3-4-8-19(17)25-11-13-28-14-12-25/h3-4,7-8,15-16H,1-2,5-6,9-14H2,(H,24,27). The number of hydrogen-bond acceptors (Lipinski definition) is 6. The molecule has 28 heavy (non-hydrogen) atoms. The minimum atomic E-state index is -0.209. The van der Waals surface area contributed by atoms with E-state index in [0.717, 1.165) is 43.4 Å². The Labute approximate surface area is 165 Å². The van der Waals surface area contributed by atoms with Gasteiger partial charge in [0.1, 0.15) is 17.8 Å². The number of amides is 1. The van der Waals surface area contributed by atoms with Gasteiger partial charge in [0.25, 0.3) is 5.91 Å². The van der Waals surface area contributed by atoms with Gasteiger partial charge in [-0.2, -0.15) is 0 Å². The molecule has 1 aromatic heterocycles. The first-order valence-electron chi connectivity index (χ1n) is 10.1. The highest BCUT2D eigenvalue weighted by molar-refractivity contribution is 6.05. The average molecular weight is 381 g/mol. The molecule has 0 radical (unpaired) electrons. The van der Waals surface area contributed by atoms with Crippen molar-refractivity contribution in [3.05, 3.63) is 42.4 Å². The number of ether oxygens (including phenoxy) is 1. The number of para-hydroxylation sites is 2. The molecule has 0 bridgehead atoms. The Morgan fingerprint density at radius 2 is 1.68 bits per heavy atom. The number of nitrogens with one attached hydrogen (secondary N) is 1. The van der Waals surface area contributed by atoms with Crippen molar-refractivity contribution < 1.29 is 9.53 Å². The van der Waals surface area contributed by atoms with Gasteiger partial charge < -0.3 is 19.9 Å². The first-order valence-corrected chi connectivity index (χ1v) is 10.1. The van der Waals surface area contributed by atoms with Crippen molar-refractivity contribution in [3.8, 4) is 0 Å². The molecule has 1 amide bonds. The number of morpholine rings is 1. The summed E-state index contributed by atoms with van der Waals surface area (Å²) in [6, 6.07) is 9.69. The normalized spacial score (nSPS) is 17.9. The van der Waals surface area contributed by atoms with Gasteiger partial charge in [0.15, 0.2) is 0 Å². The minimum absolute atomic E-state index is 0.209. The average Bonchev–Trinajstić information content (AvgIpc) is 3.04. The topological polar surface area (TPSA) is 70.6 Å². The van der Waals surface area contributed by atoms with Crippen LogP contribution >= 0.6 is 0 Å². The maximum atomic E-state index is 12.9. The third kappa shape index (κ3) is 4.42. The molecule has 7 nitrogen and oxygen atoms in total. The fourth-order valence-corrected chi connectivity index (χ4v) is 3.79. The Kier molecular flexibility index (Phi) is 6.01. The molecule has 2 aromatic rings. The summed E-state index contributed by atoms with van der Waals surface area (Å²) in [6.07, 6.45) is 6.33. The van der Waals surface area contributed by atoms with Crippen molar-refractivity contribution in [2.75, 3.05) is 54.5 Å². The first-order chi connectivity index (χ1) is 13.8. The summed E-state index contributed by atoms with van der Waals surface area (Å²) < 4.78 is 5.44. The molecular formula is C21H27N5O2. The molecule has 0 saturated carbocycles. The zero-order valence-electron chi connectivity index (χ0n) is 16.1. The third-order valence-corrected chi connectivity index (χ3v) is 5.32. The molecule has 0 aliphatic carbocycles. The van der Waals surface area contributed by atoms with Crippen LogP contribution < -0.4 is 15.1 Å². The predicted octanol–water partition coefficient (Wildman–Crippen LogP) is 2.95. The van der Waals surface area contributed by atoms with E-state index in [1.54, 1.807) is 6.07 Å². The van der Waals surface area contributed by atoms with Crippen LogP contribution in [0.3, 0.4) is 0 Å². The van der Waals surface area contributed by atoms with Crippen LogP contribution in [0.1, 0.15) is 36.2 Å². The van der Waals surface area contributed by atoms with Crippen molar-refractivity contribution in [2.24, 2.45) is 0 Å². The lowest BCUT2D eigenvalue weighted by atomic mass is 10.2. The summed E-state index contributed by atoms with van der Waals surface area (Å²) in [4.78, 5) is 26.0. The molecule has 1 aromatic carbocycles. The second kappa shape index (κ2) is 9.01. The summed E-state index contributed by atoms with van der Waals surface area (Å²) in [5.41, 5.74) is 2.20. The SMILES string of the molecule is O=C(Nc1ccccc1N1CCOCC1)c1cc(N2CCCCCC2)ncn1. The van der Waals surface area contributed by atoms with E-state index in [1.807, 2.05) is 24.3 Å². The molecule has 2 fully saturated rings. The van der Waals surface area contributed by atoms with E-state index in [1.165, 1.54) is 32.0 Å². The molecule has 7 heteroatoms. The van der Waals surface area contributed by atoms with Gasteiger partial charge in [0.2, 0.25) is 0 Å². The fraction of sp³-hybridized carbons (Fsp3) is 0.476. The Balaban J connectivity index is 1.50. The number of anilines is 3. The molecular weight excluding hydrogens is 354 g/mol. The largest absolute Gasteiger partial charge is 0.378 e. The molecule has 4 rings (SSSR count). The summed E-state index contributed by atoms with van der Waals surface area (Å²) in [6.45, 7) is 5.01. The summed E-state index contributed by atoms with van der Waals surface area (Å²) in [7, 11) is 0. The number of hydrogen-bond donors (Lipinski definition) is 1. The molecule has 2 aliphatic heterocycles. The van der Waals surface area contributed by atoms with Crippen molar-refractivity contribution in [2.45, 2.75) is 25.7 Å². The lowest BCUT2D eigenvalue weighted by molar-refractivity contribution is 0.102. The zero-order valence-corrected chi connectivity index (χ0v) is 16.1. The Morgan fingerprint density at radius 3 is 2.46 bits per heavy atom. The molecule has 0 unspecified atom stereocenters. The molecule has 2 saturated heterocycles. The molecule has 2 aliphatic rings. The van der Waals surface area contributed by atoms with Crippen LogP contribution in [0.25, 0.3) is 0 Å². The van der Waals surface area contributed by atoms with Crippen LogP contribution in [0.4, 0.5) is 17.2 Å². The summed E-state index contributed by atoms with van der Waals surface area (Å²) in [5, 5.41) is 3.04. The monoisotopic (exact) mass is 381 g/mol. The molecule has 3 heterocycles. The number of nitrogens with zero attached hydrogens (tertiary/aromatic N) is 4. The quantitative estimate of drug-likeness (QED) is 0.878. The van der Waals surface area contributed by atoms with E-state index in [4.69, 9.17) is 4.74 Å². The van der Waals surface area contributed by atoms with Gasteiger partial charge in [0.05, 0.1) is 24.6 Å². The van der Waals surface area contributed by atoms with E-state index in [2.05, 4.69) is 25.1 Å². The van der Waals surface area contributed by atoms with Crippen LogP contribution in [0, 0.1) is 0 Å². The van der Waals surface area contributed by atoms with Gasteiger partial charge in [-0.3, -0.25) is 4.79 Å². The van der Waals surface area contributed by atoms with Crippen LogP contribution in [-0.4, -0.2) is 55.3 Å². The van der Waals surface area contributed by atoms with E-state index in [0.29, 0.717) is 18.9 Å². The first kappa shape index (κ1) is 18.7. The maximum absolute atomic E-state index is 12.9. The smallest absolute Gasteiger partial charge is 0.274 e. The predicted molar refractivity (Wildman–Crippen MR) is 110 cm³/mol. The van der Waals surface area contributed by atoms with Gasteiger partial charge in [0, 0.05) is 32.2 Å². The number of carbonyl (C=O) groups is 1. The van der Waals surface area contributed by atoms with Gasteiger partial charge in [-0.05, 0) is 25.0 Å². The molecule has 0 atom stereocenters. The third-order valence-electron chi connectivity index (χ3n) is 5.32. The highest BCUT2D eigenvalue weighted by atomic mass is 16.5. The maximum Gasteiger partial charge on any atom is 0.274 e. The number of rotatable bonds is 4. The van der Waals surface area contributed by atoms with Gasteiger partial charge in [-0.1, -0.05) is 25.0 Å². The molecule has 1 N–H and O–H groups in total. The van der Waals surface area contributed by atoms with Gasteiger partial charge >= 0.3 is 0 Å². The lowest BCUT2D eigenvalue weighted by Gasteiger charge is -2.30. The summed E-state index contributed by atoms with van der Waals surface area (Å²) >= 11 is 0. The van der Waals surface area contributed by atoms with Crippen LogP contribution in [0.2, 0.25) is 0 Å². The zero-order chi connectivity index (χ0) is 19.2. The Bertz CT molecular complexity index is 799. The van der Waals surface area contributed by atoms with Crippen molar-refractivity contribution in [3.63, 3.8) is 0 Å². The van der Waals surface area contributed by atoms with E-state index >= 15 is 0 Å². The van der Waals surface area contributed by atoms with E-state index in [9.17, 15) is 4.79 Å². The Morgan fingerprint density at radius 1 is 0.929 bits per heavy atom. The lowest BCUT2D eigenvalue weighted by Crippen LogP contribution is -2.36. The van der Waals surface area contributed by atoms with Crippen molar-refractivity contribution >= 4 is 23.1 Å². The van der Waals surface area contributed by atoms with E-state index in [-0.39, 0.29) is 5.91 Å². The summed E-state index contributed by atoms with van der Waals surface area (Å²) in [5.74, 6) is 0.627. The highest BCUT2D eigenvalue weighted by Crippen LogP contribution is 2.27. The van der Waals surface area contributed by atoms with Crippen LogP contribution in [0.15, 0.2) is 36.7 Å². The van der Waals surface area contributed by atoms with E-state index < -0.39 is 0 Å². The van der Waals surface area contributed by atoms with Crippen molar-refractivity contribution in [1.82, 2.24) is 9.97 Å². The Hall–Kier alpha value is -2.67. The number of carbonyl (C=O) groups excluding carboxylic acids is 1. The second-order valence-corrected chi connectivity index (χ2v) is 7.23. The van der Waals surface area contributed by atoms with Crippen LogP contribution in [-0.2, 0) is 4.74 Å². The number of aromatic nitrogens is 2. The molecule has 148 valence electrons. The van der Waals surface area contributed by atoms with Crippen molar-refractivity contribution in [1.29, 1.82) is 0 Å². The second-order valence-electron chi connectivity index (χ2n) is 7.23. The molecule has 0 spiro atoms. The van der Waals surface area contributed by atoms with Crippen LogP contribution in [0.5, 0.6) is 0 Å². The minimum Gasteiger partial charge on any atom is -0.378 e. The number of benzene rings is 1. The van der Waals surface area contributed by atoms with Gasteiger partial charge in [-0.25, -0.2) is 9.97 Å².